The fourth-order valence-electron chi connectivity index (χ4n) is 2.73. The molecule has 2 fully saturated rings. The van der Waals surface area contributed by atoms with Gasteiger partial charge in [0.25, 0.3) is 0 Å². The number of carboxylic acid groups (broad SMARTS) is 1. The van der Waals surface area contributed by atoms with Crippen LogP contribution in [0.3, 0.4) is 0 Å². The maximum Gasteiger partial charge on any atom is 0.341 e. The van der Waals surface area contributed by atoms with Crippen molar-refractivity contribution in [2.24, 2.45) is 5.92 Å². The highest BCUT2D eigenvalue weighted by Crippen LogP contribution is 2.52. The molecule has 1 aliphatic heterocycles. The molecule has 0 aromatic heterocycles. The highest BCUT2D eigenvalue weighted by Gasteiger charge is 2.65. The van der Waals surface area contributed by atoms with E-state index in [1.807, 2.05) is 0 Å². The van der Waals surface area contributed by atoms with Gasteiger partial charge in [0.15, 0.2) is 8.32 Å². The number of rotatable bonds is 4. The van der Waals surface area contributed by atoms with Crippen molar-refractivity contribution in [3.05, 3.63) is 0 Å². The summed E-state index contributed by atoms with van der Waals surface area (Å²) in [5.41, 5.74) is -2.30. The molecule has 1 aliphatic carbocycles. The van der Waals surface area contributed by atoms with Gasteiger partial charge >= 0.3 is 5.97 Å². The van der Waals surface area contributed by atoms with Gasteiger partial charge in [0.2, 0.25) is 5.67 Å². The van der Waals surface area contributed by atoms with Gasteiger partial charge in [-0.05, 0) is 25.1 Å². The summed E-state index contributed by atoms with van der Waals surface area (Å²) in [6.07, 6.45) is -0.0694. The molecular formula is C14H25FO4Si. The number of hydrogen-bond acceptors (Lipinski definition) is 3. The van der Waals surface area contributed by atoms with Crippen LogP contribution in [0.2, 0.25) is 18.1 Å². The molecule has 4 nitrogen and oxygen atoms in total. The second kappa shape index (κ2) is 4.51. The summed E-state index contributed by atoms with van der Waals surface area (Å²) in [5, 5.41) is 9.15. The molecule has 1 heterocycles. The Kier molecular flexibility index (Phi) is 3.59. The molecule has 0 aromatic rings. The average molecular weight is 304 g/mol. The Bertz CT molecular complexity index is 416. The minimum absolute atomic E-state index is 0.0150. The van der Waals surface area contributed by atoms with Gasteiger partial charge in [0.05, 0.1) is 24.2 Å². The standard InChI is InChI=1S/C14H25FO4Si/c1-13(2,3)20(5,6)19-8-7-9-11(18-9)10(8)14(4,15)12(16)17/h8-11H,7H2,1-6H3,(H,16,17)/t8-,9+,10+,11+,14?/m1/s1. The largest absolute Gasteiger partial charge is 0.479 e. The van der Waals surface area contributed by atoms with Crippen molar-refractivity contribution in [1.29, 1.82) is 0 Å². The zero-order valence-corrected chi connectivity index (χ0v) is 14.1. The van der Waals surface area contributed by atoms with E-state index in [4.69, 9.17) is 14.3 Å². The predicted molar refractivity (Wildman–Crippen MR) is 76.0 cm³/mol. The number of aliphatic carboxylic acids is 1. The number of alkyl halides is 1. The molecule has 1 N–H and O–H groups in total. The van der Waals surface area contributed by atoms with Crippen LogP contribution in [0.5, 0.6) is 0 Å². The lowest BCUT2D eigenvalue weighted by atomic mass is 9.87. The summed E-state index contributed by atoms with van der Waals surface area (Å²) < 4.78 is 26.2. The molecule has 0 amide bonds. The molecular weight excluding hydrogens is 279 g/mol. The highest BCUT2D eigenvalue weighted by atomic mass is 28.4. The zero-order chi connectivity index (χ0) is 15.5. The zero-order valence-electron chi connectivity index (χ0n) is 13.1. The summed E-state index contributed by atoms with van der Waals surface area (Å²) in [5.74, 6) is -2.14. The van der Waals surface area contributed by atoms with Crippen molar-refractivity contribution >= 4 is 14.3 Å². The second-order valence-corrected chi connectivity index (χ2v) is 12.5. The number of halogens is 1. The Morgan fingerprint density at radius 1 is 1.35 bits per heavy atom. The summed E-state index contributed by atoms with van der Waals surface area (Å²) >= 11 is 0. The fourth-order valence-corrected chi connectivity index (χ4v) is 4.08. The highest BCUT2D eigenvalue weighted by molar-refractivity contribution is 6.74. The Hall–Kier alpha value is -0.463. The topological polar surface area (TPSA) is 59.1 Å². The van der Waals surface area contributed by atoms with Gasteiger partial charge in [-0.25, -0.2) is 9.18 Å². The lowest BCUT2D eigenvalue weighted by molar-refractivity contribution is -0.157. The molecule has 0 bridgehead atoms. The SMILES string of the molecule is CC(F)(C(=O)O)[C@@H]1[C@H]2O[C@H]2C[C@H]1O[Si](C)(C)C(C)(C)C. The van der Waals surface area contributed by atoms with E-state index in [2.05, 4.69) is 33.9 Å². The van der Waals surface area contributed by atoms with Crippen LogP contribution >= 0.6 is 0 Å². The number of carbonyl (C=O) groups is 1. The van der Waals surface area contributed by atoms with Crippen LogP contribution in [0.25, 0.3) is 0 Å². The van der Waals surface area contributed by atoms with E-state index in [9.17, 15) is 9.18 Å². The van der Waals surface area contributed by atoms with Gasteiger partial charge < -0.3 is 14.3 Å². The Morgan fingerprint density at radius 2 is 1.90 bits per heavy atom. The third-order valence-electron chi connectivity index (χ3n) is 5.14. The quantitative estimate of drug-likeness (QED) is 0.641. The number of fused-ring (bicyclic) bond motifs is 1. The van der Waals surface area contributed by atoms with Gasteiger partial charge in [-0.3, -0.25) is 0 Å². The Balaban J connectivity index is 2.18. The first-order valence-electron chi connectivity index (χ1n) is 7.13. The molecule has 0 radical (unpaired) electrons. The van der Waals surface area contributed by atoms with E-state index in [1.54, 1.807) is 0 Å². The third kappa shape index (κ3) is 2.53. The van der Waals surface area contributed by atoms with Crippen molar-refractivity contribution in [1.82, 2.24) is 0 Å². The lowest BCUT2D eigenvalue weighted by Gasteiger charge is -2.41. The van der Waals surface area contributed by atoms with Crippen molar-refractivity contribution in [3.8, 4) is 0 Å². The van der Waals surface area contributed by atoms with Gasteiger partial charge in [0, 0.05) is 6.42 Å². The van der Waals surface area contributed by atoms with E-state index in [0.29, 0.717) is 6.42 Å². The molecule has 116 valence electrons. The molecule has 2 aliphatic rings. The van der Waals surface area contributed by atoms with Gasteiger partial charge in [-0.15, -0.1) is 0 Å². The molecule has 1 saturated heterocycles. The lowest BCUT2D eigenvalue weighted by Crippen LogP contribution is -2.51. The average Bonchev–Trinajstić information content (AvgIpc) is 2.86. The first kappa shape index (κ1) is 15.9. The molecule has 1 saturated carbocycles. The summed E-state index contributed by atoms with van der Waals surface area (Å²) in [4.78, 5) is 11.2. The van der Waals surface area contributed by atoms with E-state index in [-0.39, 0.29) is 23.4 Å². The molecule has 0 spiro atoms. The summed E-state index contributed by atoms with van der Waals surface area (Å²) in [6, 6.07) is 0. The Labute approximate surface area is 120 Å². The molecule has 5 atom stereocenters. The number of epoxide rings is 1. The molecule has 1 unspecified atom stereocenters. The van der Waals surface area contributed by atoms with Gasteiger partial charge in [-0.1, -0.05) is 20.8 Å². The summed E-state index contributed by atoms with van der Waals surface area (Å²) in [6.45, 7) is 11.7. The van der Waals surface area contributed by atoms with Gasteiger partial charge in [0.1, 0.15) is 0 Å². The van der Waals surface area contributed by atoms with Crippen LogP contribution < -0.4 is 0 Å². The van der Waals surface area contributed by atoms with Crippen LogP contribution in [-0.2, 0) is 14.0 Å². The van der Waals surface area contributed by atoms with Crippen LogP contribution in [0.1, 0.15) is 34.1 Å². The number of hydrogen-bond donors (Lipinski definition) is 1. The monoisotopic (exact) mass is 304 g/mol. The van der Waals surface area contributed by atoms with Crippen molar-refractivity contribution in [2.45, 2.75) is 76.2 Å². The first-order chi connectivity index (χ1) is 8.88. The molecule has 6 heteroatoms. The number of carboxylic acids is 1. The molecule has 20 heavy (non-hydrogen) atoms. The summed E-state index contributed by atoms with van der Waals surface area (Å²) in [7, 11) is -2.05. The Morgan fingerprint density at radius 3 is 2.35 bits per heavy atom. The van der Waals surface area contributed by atoms with Crippen LogP contribution in [0.15, 0.2) is 0 Å². The van der Waals surface area contributed by atoms with E-state index >= 15 is 0 Å². The fraction of sp³-hybridized carbons (Fsp3) is 0.929. The second-order valence-electron chi connectivity index (χ2n) is 7.70. The van der Waals surface area contributed by atoms with Crippen LogP contribution in [-0.4, -0.2) is 43.4 Å². The maximum absolute atomic E-state index is 14.6. The van der Waals surface area contributed by atoms with E-state index in [1.165, 1.54) is 0 Å². The van der Waals surface area contributed by atoms with Gasteiger partial charge in [-0.2, -0.15) is 0 Å². The molecule has 0 aromatic carbocycles. The number of ether oxygens (including phenoxy) is 1. The minimum Gasteiger partial charge on any atom is -0.479 e. The maximum atomic E-state index is 14.6. The molecule has 2 rings (SSSR count). The first-order valence-corrected chi connectivity index (χ1v) is 10.0. The smallest absolute Gasteiger partial charge is 0.341 e. The van der Waals surface area contributed by atoms with Crippen molar-refractivity contribution < 1.29 is 23.5 Å². The predicted octanol–water partition coefficient (Wildman–Crippen LogP) is 2.98. The minimum atomic E-state index is -2.30. The van der Waals surface area contributed by atoms with E-state index in [0.717, 1.165) is 6.92 Å². The van der Waals surface area contributed by atoms with Crippen molar-refractivity contribution in [2.75, 3.05) is 0 Å². The third-order valence-corrected chi connectivity index (χ3v) is 9.64. The van der Waals surface area contributed by atoms with Crippen molar-refractivity contribution in [3.63, 3.8) is 0 Å². The van der Waals surface area contributed by atoms with Crippen LogP contribution in [0.4, 0.5) is 4.39 Å². The van der Waals surface area contributed by atoms with Crippen LogP contribution in [0, 0.1) is 5.92 Å². The normalized spacial score (nSPS) is 36.4. The van der Waals surface area contributed by atoms with E-state index < -0.39 is 25.9 Å².